The Balaban J connectivity index is 0.00000116. The molecule has 2 rings (SSSR count). The number of allylic oxidation sites excluding steroid dienone is 3. The van der Waals surface area contributed by atoms with Gasteiger partial charge in [0.1, 0.15) is 0 Å². The SMILES string of the molecule is CC.CC(/C=C/[C@H]1CCCCC2C(C)CCC[C@@]21C)=C\CO. The molecule has 0 aromatic carbocycles. The molecule has 128 valence electrons. The summed E-state index contributed by atoms with van der Waals surface area (Å²) in [5.74, 6) is 2.53. The van der Waals surface area contributed by atoms with Crippen molar-refractivity contribution in [1.29, 1.82) is 0 Å². The van der Waals surface area contributed by atoms with Crippen molar-refractivity contribution in [3.05, 3.63) is 23.8 Å². The number of fused-ring (bicyclic) bond motifs is 1. The zero-order valence-corrected chi connectivity index (χ0v) is 15.6. The van der Waals surface area contributed by atoms with Gasteiger partial charge in [-0.2, -0.15) is 0 Å². The smallest absolute Gasteiger partial charge is 0.0617 e. The normalized spacial score (nSPS) is 36.3. The Morgan fingerprint density at radius 2 is 1.82 bits per heavy atom. The van der Waals surface area contributed by atoms with E-state index in [1.165, 1.54) is 50.5 Å². The van der Waals surface area contributed by atoms with Gasteiger partial charge in [-0.3, -0.25) is 0 Å². The van der Waals surface area contributed by atoms with Crippen LogP contribution in [0.2, 0.25) is 0 Å². The molecule has 0 aliphatic heterocycles. The molecule has 0 radical (unpaired) electrons. The van der Waals surface area contributed by atoms with Gasteiger partial charge in [0, 0.05) is 0 Å². The van der Waals surface area contributed by atoms with Crippen LogP contribution in [0.4, 0.5) is 0 Å². The first kappa shape index (κ1) is 19.5. The Morgan fingerprint density at radius 3 is 2.50 bits per heavy atom. The lowest BCUT2D eigenvalue weighted by atomic mass is 9.57. The predicted octanol–water partition coefficient (Wildman–Crippen LogP) is 6.14. The van der Waals surface area contributed by atoms with Gasteiger partial charge >= 0.3 is 0 Å². The number of hydrogen-bond donors (Lipinski definition) is 1. The van der Waals surface area contributed by atoms with Crippen LogP contribution in [0.1, 0.15) is 79.6 Å². The molecule has 2 fully saturated rings. The van der Waals surface area contributed by atoms with Gasteiger partial charge in [-0.15, -0.1) is 0 Å². The van der Waals surface area contributed by atoms with Gasteiger partial charge in [-0.25, -0.2) is 0 Å². The minimum absolute atomic E-state index is 0.151. The van der Waals surface area contributed by atoms with Crippen LogP contribution in [-0.2, 0) is 0 Å². The number of rotatable bonds is 3. The lowest BCUT2D eigenvalue weighted by molar-refractivity contribution is 0.0285. The molecule has 2 saturated carbocycles. The largest absolute Gasteiger partial charge is 0.392 e. The second-order valence-electron chi connectivity index (χ2n) is 7.36. The van der Waals surface area contributed by atoms with E-state index >= 15 is 0 Å². The van der Waals surface area contributed by atoms with E-state index in [0.717, 1.165) is 17.8 Å². The van der Waals surface area contributed by atoms with Gasteiger partial charge in [-0.1, -0.05) is 77.2 Å². The molecule has 2 aliphatic carbocycles. The van der Waals surface area contributed by atoms with E-state index in [1.54, 1.807) is 0 Å². The molecule has 0 aromatic heterocycles. The van der Waals surface area contributed by atoms with Crippen LogP contribution in [-0.4, -0.2) is 11.7 Å². The van der Waals surface area contributed by atoms with Crippen LogP contribution < -0.4 is 0 Å². The molecule has 1 nitrogen and oxygen atoms in total. The molecular formula is C21H38O. The molecule has 0 bridgehead atoms. The number of hydrogen-bond acceptors (Lipinski definition) is 1. The van der Waals surface area contributed by atoms with E-state index in [9.17, 15) is 0 Å². The highest BCUT2D eigenvalue weighted by molar-refractivity contribution is 5.18. The zero-order chi connectivity index (χ0) is 16.6. The highest BCUT2D eigenvalue weighted by Crippen LogP contribution is 2.54. The summed E-state index contributed by atoms with van der Waals surface area (Å²) in [7, 11) is 0. The summed E-state index contributed by atoms with van der Waals surface area (Å²) in [6.07, 6.45) is 16.4. The summed E-state index contributed by atoms with van der Waals surface area (Å²) in [5.41, 5.74) is 1.70. The Bertz CT molecular complexity index is 368. The maximum absolute atomic E-state index is 8.98. The molecule has 2 aliphatic rings. The Morgan fingerprint density at radius 1 is 1.14 bits per heavy atom. The van der Waals surface area contributed by atoms with Crippen molar-refractivity contribution in [1.82, 2.24) is 0 Å². The molecular weight excluding hydrogens is 268 g/mol. The Hall–Kier alpha value is -0.560. The second-order valence-corrected chi connectivity index (χ2v) is 7.36. The average molecular weight is 307 g/mol. The molecule has 4 atom stereocenters. The van der Waals surface area contributed by atoms with Gasteiger partial charge in [0.15, 0.2) is 0 Å². The summed E-state index contributed by atoms with van der Waals surface area (Å²) in [5, 5.41) is 8.98. The molecule has 2 unspecified atom stereocenters. The van der Waals surface area contributed by atoms with Crippen molar-refractivity contribution in [2.24, 2.45) is 23.2 Å². The lowest BCUT2D eigenvalue weighted by Crippen LogP contribution is -2.40. The van der Waals surface area contributed by atoms with Crippen LogP contribution in [0.5, 0.6) is 0 Å². The molecule has 0 heterocycles. The first-order valence-corrected chi connectivity index (χ1v) is 9.53. The predicted molar refractivity (Wildman–Crippen MR) is 97.9 cm³/mol. The fourth-order valence-corrected chi connectivity index (χ4v) is 4.77. The standard InChI is InChI=1S/C19H32O.C2H6/c1-15(12-14-20)10-11-17-8-4-5-9-18-16(2)7-6-13-19(17,18)3;1-2/h10-12,16-18,20H,4-9,13-14H2,1-3H3;1-2H3/b11-10+,15-12+;/t16?,17-,18?,19-;/m1./s1. The van der Waals surface area contributed by atoms with Gasteiger partial charge in [0.25, 0.3) is 0 Å². The number of aliphatic hydroxyl groups excluding tert-OH is 1. The minimum atomic E-state index is 0.151. The van der Waals surface area contributed by atoms with Gasteiger partial charge in [-0.05, 0) is 49.4 Å². The maximum atomic E-state index is 8.98. The number of aliphatic hydroxyl groups is 1. The lowest BCUT2D eigenvalue weighted by Gasteiger charge is -2.48. The summed E-state index contributed by atoms with van der Waals surface area (Å²) in [4.78, 5) is 0. The summed E-state index contributed by atoms with van der Waals surface area (Å²) < 4.78 is 0. The van der Waals surface area contributed by atoms with Crippen LogP contribution in [0.15, 0.2) is 23.8 Å². The fourth-order valence-electron chi connectivity index (χ4n) is 4.77. The first-order valence-electron chi connectivity index (χ1n) is 9.53. The minimum Gasteiger partial charge on any atom is -0.392 e. The van der Waals surface area contributed by atoms with E-state index in [-0.39, 0.29) is 6.61 Å². The van der Waals surface area contributed by atoms with E-state index < -0.39 is 0 Å². The summed E-state index contributed by atoms with van der Waals surface area (Å²) in [6, 6.07) is 0. The molecule has 0 amide bonds. The van der Waals surface area contributed by atoms with Crippen LogP contribution in [0.25, 0.3) is 0 Å². The van der Waals surface area contributed by atoms with E-state index in [1.807, 2.05) is 19.9 Å². The van der Waals surface area contributed by atoms with E-state index in [0.29, 0.717) is 5.41 Å². The van der Waals surface area contributed by atoms with Gasteiger partial charge < -0.3 is 5.11 Å². The second kappa shape index (κ2) is 9.55. The molecule has 22 heavy (non-hydrogen) atoms. The maximum Gasteiger partial charge on any atom is 0.0617 e. The highest BCUT2D eigenvalue weighted by Gasteiger charge is 2.45. The fraction of sp³-hybridized carbons (Fsp3) is 0.810. The monoisotopic (exact) mass is 306 g/mol. The van der Waals surface area contributed by atoms with Gasteiger partial charge in [0.2, 0.25) is 0 Å². The molecule has 0 spiro atoms. The van der Waals surface area contributed by atoms with Crippen molar-refractivity contribution in [3.63, 3.8) is 0 Å². The highest BCUT2D eigenvalue weighted by atomic mass is 16.2. The average Bonchev–Trinajstić information content (AvgIpc) is 2.67. The van der Waals surface area contributed by atoms with E-state index in [4.69, 9.17) is 5.11 Å². The molecule has 0 saturated heterocycles. The Kier molecular flexibility index (Phi) is 8.46. The van der Waals surface area contributed by atoms with Crippen molar-refractivity contribution in [2.45, 2.75) is 79.6 Å². The molecule has 1 heteroatoms. The molecule has 1 N–H and O–H groups in total. The third-order valence-corrected chi connectivity index (χ3v) is 6.04. The third kappa shape index (κ3) is 4.72. The summed E-state index contributed by atoms with van der Waals surface area (Å²) in [6.45, 7) is 11.3. The summed E-state index contributed by atoms with van der Waals surface area (Å²) >= 11 is 0. The Labute approximate surface area is 138 Å². The van der Waals surface area contributed by atoms with Crippen molar-refractivity contribution in [3.8, 4) is 0 Å². The molecule has 0 aromatic rings. The zero-order valence-electron chi connectivity index (χ0n) is 15.6. The van der Waals surface area contributed by atoms with Crippen molar-refractivity contribution in [2.75, 3.05) is 6.61 Å². The third-order valence-electron chi connectivity index (χ3n) is 6.04. The van der Waals surface area contributed by atoms with Crippen LogP contribution >= 0.6 is 0 Å². The van der Waals surface area contributed by atoms with Crippen LogP contribution in [0.3, 0.4) is 0 Å². The quantitative estimate of drug-likeness (QED) is 0.621. The van der Waals surface area contributed by atoms with Gasteiger partial charge in [0.05, 0.1) is 6.61 Å². The van der Waals surface area contributed by atoms with Crippen molar-refractivity contribution >= 4 is 0 Å². The topological polar surface area (TPSA) is 20.2 Å². The first-order chi connectivity index (χ1) is 10.6. The van der Waals surface area contributed by atoms with E-state index in [2.05, 4.69) is 32.9 Å². The van der Waals surface area contributed by atoms with Crippen LogP contribution in [0, 0.1) is 23.2 Å². The van der Waals surface area contributed by atoms with Crippen molar-refractivity contribution < 1.29 is 5.11 Å².